The van der Waals surface area contributed by atoms with E-state index in [2.05, 4.69) is 27.2 Å². The average Bonchev–Trinajstić information content (AvgIpc) is 2.02. The van der Waals surface area contributed by atoms with E-state index in [9.17, 15) is 0 Å². The predicted octanol–water partition coefficient (Wildman–Crippen LogP) is -1.09. The molecule has 0 aliphatic rings. The van der Waals surface area contributed by atoms with Crippen LogP contribution in [-0.2, 0) is 6.54 Å². The molecule has 0 atom stereocenters. The number of para-hydroxylation sites is 1. The van der Waals surface area contributed by atoms with Crippen LogP contribution in [0.25, 0.3) is 0 Å². The van der Waals surface area contributed by atoms with Gasteiger partial charge in [-0.2, -0.15) is 0 Å². The first-order valence-corrected chi connectivity index (χ1v) is 4.45. The van der Waals surface area contributed by atoms with Crippen LogP contribution in [0.15, 0.2) is 24.3 Å². The van der Waals surface area contributed by atoms with Crippen LogP contribution in [0, 0.1) is 0 Å². The molecule has 1 aromatic carbocycles. The van der Waals surface area contributed by atoms with Gasteiger partial charge in [-0.1, -0.05) is 12.1 Å². The molecule has 0 heterocycles. The molecule has 0 aliphatic heterocycles. The van der Waals surface area contributed by atoms with Crippen molar-refractivity contribution < 1.29 is 33.2 Å². The van der Waals surface area contributed by atoms with Crippen molar-refractivity contribution in [2.24, 2.45) is 0 Å². The molecule has 0 saturated carbocycles. The molecule has 0 aromatic heterocycles. The van der Waals surface area contributed by atoms with Crippen molar-refractivity contribution in [3.63, 3.8) is 0 Å². The lowest BCUT2D eigenvalue weighted by Crippen LogP contribution is -3.00. The zero-order valence-corrected chi connectivity index (χ0v) is 11.4. The topological polar surface area (TPSA) is 9.23 Å². The lowest BCUT2D eigenvalue weighted by Gasteiger charge is -2.24. The van der Waals surface area contributed by atoms with Crippen LogP contribution in [0.2, 0.25) is 0 Å². The van der Waals surface area contributed by atoms with Crippen LogP contribution in [0.1, 0.15) is 5.56 Å². The highest BCUT2D eigenvalue weighted by Gasteiger charge is 2.11. The predicted molar refractivity (Wildman–Crippen MR) is 54.7 cm³/mol. The minimum absolute atomic E-state index is 0. The summed E-state index contributed by atoms with van der Waals surface area (Å²) in [7, 11) is 8.24. The van der Waals surface area contributed by atoms with E-state index in [0.29, 0.717) is 0 Å². The Hall–Kier alpha value is -0.290. The normalized spacial score (nSPS) is 10.6. The number of nitrogens with zero attached hydrogens (tertiary/aromatic N) is 1. The molecule has 14 heavy (non-hydrogen) atoms. The highest BCUT2D eigenvalue weighted by Crippen LogP contribution is 2.19. The van der Waals surface area contributed by atoms with Gasteiger partial charge in [0.25, 0.3) is 0 Å². The number of ether oxygens (including phenoxy) is 1. The van der Waals surface area contributed by atoms with E-state index >= 15 is 0 Å². The van der Waals surface area contributed by atoms with Gasteiger partial charge in [0.15, 0.2) is 0 Å². The van der Waals surface area contributed by atoms with Crippen LogP contribution in [0.3, 0.4) is 0 Å². The van der Waals surface area contributed by atoms with Crippen LogP contribution in [0.5, 0.6) is 5.75 Å². The van der Waals surface area contributed by atoms with Crippen LogP contribution < -0.4 is 28.7 Å². The first kappa shape index (κ1) is 13.7. The Morgan fingerprint density at radius 3 is 2.21 bits per heavy atom. The molecule has 0 amide bonds. The fraction of sp³-hybridized carbons (Fsp3) is 0.455. The minimum Gasteiger partial charge on any atom is -1.00 e. The second-order valence-electron chi connectivity index (χ2n) is 4.26. The number of benzene rings is 1. The average molecular weight is 307 g/mol. The quantitative estimate of drug-likeness (QED) is 0.509. The van der Waals surface area contributed by atoms with Gasteiger partial charge in [-0.15, -0.1) is 0 Å². The summed E-state index contributed by atoms with van der Waals surface area (Å²) in [4.78, 5) is 0. The van der Waals surface area contributed by atoms with Gasteiger partial charge in [-0.05, 0) is 12.1 Å². The van der Waals surface area contributed by atoms with E-state index in [1.54, 1.807) is 7.11 Å². The summed E-state index contributed by atoms with van der Waals surface area (Å²) < 4.78 is 6.20. The third-order valence-corrected chi connectivity index (χ3v) is 1.84. The fourth-order valence-electron chi connectivity index (χ4n) is 1.34. The smallest absolute Gasteiger partial charge is 0.127 e. The van der Waals surface area contributed by atoms with Crippen LogP contribution in [0.4, 0.5) is 0 Å². The molecule has 0 radical (unpaired) electrons. The van der Waals surface area contributed by atoms with Crippen molar-refractivity contribution in [2.75, 3.05) is 28.3 Å². The Bertz CT molecular complexity index is 281. The lowest BCUT2D eigenvalue weighted by atomic mass is 10.2. The van der Waals surface area contributed by atoms with E-state index in [0.717, 1.165) is 16.8 Å². The number of hydrogen-bond acceptors (Lipinski definition) is 1. The number of hydrogen-bond donors (Lipinski definition) is 0. The molecule has 80 valence electrons. The summed E-state index contributed by atoms with van der Waals surface area (Å²) in [6.45, 7) is 0.990. The number of halogens is 1. The summed E-state index contributed by atoms with van der Waals surface area (Å²) in [5.74, 6) is 0.982. The maximum absolute atomic E-state index is 5.28. The van der Waals surface area contributed by atoms with Gasteiger partial charge in [0.05, 0.1) is 28.3 Å². The van der Waals surface area contributed by atoms with Gasteiger partial charge in [0, 0.05) is 5.56 Å². The van der Waals surface area contributed by atoms with Crippen LogP contribution in [-0.4, -0.2) is 32.7 Å². The van der Waals surface area contributed by atoms with Crippen molar-refractivity contribution in [3.8, 4) is 5.75 Å². The van der Waals surface area contributed by atoms with E-state index < -0.39 is 0 Å². The second kappa shape index (κ2) is 5.56. The fourth-order valence-corrected chi connectivity index (χ4v) is 1.34. The molecule has 0 fully saturated rings. The van der Waals surface area contributed by atoms with Crippen molar-refractivity contribution in [1.82, 2.24) is 0 Å². The molecular weight excluding hydrogens is 289 g/mol. The summed E-state index contributed by atoms with van der Waals surface area (Å²) in [5, 5.41) is 0. The Labute approximate surface area is 103 Å². The van der Waals surface area contributed by atoms with Gasteiger partial charge < -0.3 is 33.2 Å². The summed E-state index contributed by atoms with van der Waals surface area (Å²) in [6, 6.07) is 8.17. The van der Waals surface area contributed by atoms with Crippen molar-refractivity contribution in [2.45, 2.75) is 6.54 Å². The highest BCUT2D eigenvalue weighted by molar-refractivity contribution is 5.32. The number of quaternary nitrogens is 1. The van der Waals surface area contributed by atoms with Crippen molar-refractivity contribution in [1.29, 1.82) is 0 Å². The standard InChI is InChI=1S/C11H18NO.HI/c1-12(2,3)9-10-7-5-6-8-11(10)13-4;/h5-8H,9H2,1-4H3;1H/q+1;/p-1. The lowest BCUT2D eigenvalue weighted by molar-refractivity contribution is -0.884. The highest BCUT2D eigenvalue weighted by atomic mass is 127. The second-order valence-corrected chi connectivity index (χ2v) is 4.26. The molecule has 1 rings (SSSR count). The van der Waals surface area contributed by atoms with E-state index in [1.807, 2.05) is 18.2 Å². The van der Waals surface area contributed by atoms with Gasteiger partial charge in [0.1, 0.15) is 12.3 Å². The molecule has 0 unspecified atom stereocenters. The zero-order valence-electron chi connectivity index (χ0n) is 9.25. The van der Waals surface area contributed by atoms with E-state index in [-0.39, 0.29) is 24.0 Å². The van der Waals surface area contributed by atoms with Gasteiger partial charge in [0.2, 0.25) is 0 Å². The molecule has 0 aliphatic carbocycles. The maximum atomic E-state index is 5.28. The van der Waals surface area contributed by atoms with Gasteiger partial charge in [-0.25, -0.2) is 0 Å². The minimum atomic E-state index is 0. The molecule has 2 nitrogen and oxygen atoms in total. The number of methoxy groups -OCH3 is 1. The van der Waals surface area contributed by atoms with Gasteiger partial charge in [-0.3, -0.25) is 0 Å². The van der Waals surface area contributed by atoms with E-state index in [4.69, 9.17) is 4.74 Å². The molecule has 0 bridgehead atoms. The monoisotopic (exact) mass is 307 g/mol. The third-order valence-electron chi connectivity index (χ3n) is 1.84. The summed E-state index contributed by atoms with van der Waals surface area (Å²) >= 11 is 0. The Balaban J connectivity index is 0.00000169. The molecule has 0 spiro atoms. The van der Waals surface area contributed by atoms with Gasteiger partial charge >= 0.3 is 0 Å². The first-order chi connectivity index (χ1) is 6.03. The SMILES string of the molecule is COc1ccccc1C[N+](C)(C)C.[I-]. The molecule has 3 heteroatoms. The zero-order chi connectivity index (χ0) is 9.90. The van der Waals surface area contributed by atoms with Crippen LogP contribution >= 0.6 is 0 Å². The van der Waals surface area contributed by atoms with Crippen molar-refractivity contribution >= 4 is 0 Å². The molecule has 1 aromatic rings. The maximum Gasteiger partial charge on any atom is 0.127 e. The third kappa shape index (κ3) is 4.28. The summed E-state index contributed by atoms with van der Waals surface area (Å²) in [6.07, 6.45) is 0. The number of rotatable bonds is 3. The Kier molecular flexibility index (Phi) is 5.44. The largest absolute Gasteiger partial charge is 1.00 e. The summed E-state index contributed by atoms with van der Waals surface area (Å²) in [5.41, 5.74) is 1.26. The molecule has 0 saturated heterocycles. The Morgan fingerprint density at radius 2 is 1.71 bits per heavy atom. The first-order valence-electron chi connectivity index (χ1n) is 4.45. The van der Waals surface area contributed by atoms with Crippen molar-refractivity contribution in [3.05, 3.63) is 29.8 Å². The Morgan fingerprint density at radius 1 is 1.14 bits per heavy atom. The van der Waals surface area contributed by atoms with E-state index in [1.165, 1.54) is 5.56 Å². The molecular formula is C11H18INO. The molecule has 0 N–H and O–H groups in total.